The SMILES string of the molecule is C=S(=O)(NC#N)C(C)(C)c1cnc(C(F)(F)F)s1. The highest BCUT2D eigenvalue weighted by Crippen LogP contribution is 2.38. The average molecular weight is 297 g/mol. The molecule has 1 unspecified atom stereocenters. The Morgan fingerprint density at radius 1 is 1.56 bits per heavy atom. The number of hydrogen-bond acceptors (Lipinski definition) is 4. The van der Waals surface area contributed by atoms with Crippen LogP contribution in [0.15, 0.2) is 6.20 Å². The standard InChI is InChI=1S/C9H10F3N3OS2/c1-8(2,18(3,16)15-5-13)6-4-14-7(17-6)9(10,11)12/h4H,3H2,1-2H3,(H,15,16). The van der Waals surface area contributed by atoms with Gasteiger partial charge in [0.05, 0.1) is 14.5 Å². The minimum Gasteiger partial charge on any atom is -0.249 e. The Kier molecular flexibility index (Phi) is 3.65. The van der Waals surface area contributed by atoms with Gasteiger partial charge in [-0.2, -0.15) is 18.4 Å². The molecule has 0 aliphatic carbocycles. The molecule has 18 heavy (non-hydrogen) atoms. The van der Waals surface area contributed by atoms with E-state index in [-0.39, 0.29) is 4.88 Å². The summed E-state index contributed by atoms with van der Waals surface area (Å²) in [6, 6.07) is 0. The number of alkyl halides is 3. The van der Waals surface area contributed by atoms with Crippen molar-refractivity contribution < 1.29 is 17.4 Å². The zero-order chi connectivity index (χ0) is 14.2. The number of nitrogens with zero attached hydrogens (tertiary/aromatic N) is 2. The van der Waals surface area contributed by atoms with Crippen molar-refractivity contribution in [2.24, 2.45) is 0 Å². The number of aromatic nitrogens is 1. The number of thiazole rings is 1. The molecule has 1 N–H and O–H groups in total. The molecule has 0 amide bonds. The fourth-order valence-electron chi connectivity index (χ4n) is 1.05. The predicted octanol–water partition coefficient (Wildman–Crippen LogP) is 2.10. The lowest BCUT2D eigenvalue weighted by molar-refractivity contribution is -0.137. The summed E-state index contributed by atoms with van der Waals surface area (Å²) in [5.41, 5.74) is 0. The van der Waals surface area contributed by atoms with Gasteiger partial charge in [0, 0.05) is 11.1 Å². The highest BCUT2D eigenvalue weighted by Gasteiger charge is 2.39. The normalized spacial score (nSPS) is 15.8. The van der Waals surface area contributed by atoms with Gasteiger partial charge in [-0.15, -0.1) is 11.3 Å². The highest BCUT2D eigenvalue weighted by atomic mass is 32.2. The fourth-order valence-corrected chi connectivity index (χ4v) is 3.14. The molecule has 0 radical (unpaired) electrons. The van der Waals surface area contributed by atoms with E-state index >= 15 is 0 Å². The predicted molar refractivity (Wildman–Crippen MR) is 64.2 cm³/mol. The van der Waals surface area contributed by atoms with Crippen LogP contribution < -0.4 is 4.72 Å². The average Bonchev–Trinajstić information content (AvgIpc) is 2.65. The van der Waals surface area contributed by atoms with Crippen LogP contribution in [-0.4, -0.2) is 15.1 Å². The Balaban J connectivity index is 3.23. The van der Waals surface area contributed by atoms with Crippen LogP contribution in [0, 0.1) is 11.5 Å². The maximum absolute atomic E-state index is 12.4. The molecule has 100 valence electrons. The Morgan fingerprint density at radius 2 is 2.11 bits per heavy atom. The van der Waals surface area contributed by atoms with E-state index in [2.05, 4.69) is 10.9 Å². The summed E-state index contributed by atoms with van der Waals surface area (Å²) in [6.07, 6.45) is -2.03. The number of rotatable bonds is 3. The molecule has 1 heterocycles. The third-order valence-corrected chi connectivity index (χ3v) is 6.16. The molecule has 9 heteroatoms. The molecule has 0 fully saturated rings. The van der Waals surface area contributed by atoms with Crippen molar-refractivity contribution in [3.8, 4) is 6.19 Å². The molecule has 0 aliphatic heterocycles. The number of nitrogens with one attached hydrogen (secondary N) is 1. The summed E-state index contributed by atoms with van der Waals surface area (Å²) in [5.74, 6) is 3.37. The van der Waals surface area contributed by atoms with Crippen molar-refractivity contribution in [3.05, 3.63) is 16.1 Å². The van der Waals surface area contributed by atoms with E-state index in [1.165, 1.54) is 20.0 Å². The lowest BCUT2D eigenvalue weighted by Crippen LogP contribution is -2.36. The molecular formula is C9H10F3N3OS2. The molecule has 0 saturated heterocycles. The zero-order valence-electron chi connectivity index (χ0n) is 9.54. The Hall–Kier alpha value is -1.27. The van der Waals surface area contributed by atoms with Crippen LogP contribution in [0.1, 0.15) is 23.7 Å². The molecular weight excluding hydrogens is 287 g/mol. The maximum Gasteiger partial charge on any atom is 0.443 e. The van der Waals surface area contributed by atoms with Crippen molar-refractivity contribution in [2.45, 2.75) is 24.8 Å². The van der Waals surface area contributed by atoms with Crippen molar-refractivity contribution in [1.82, 2.24) is 9.71 Å². The molecule has 0 saturated carbocycles. The first-order valence-electron chi connectivity index (χ1n) is 4.58. The van der Waals surface area contributed by atoms with Crippen molar-refractivity contribution in [2.75, 3.05) is 0 Å². The van der Waals surface area contributed by atoms with Gasteiger partial charge in [-0.3, -0.25) is 0 Å². The fraction of sp³-hybridized carbons (Fsp3) is 0.444. The molecule has 0 bridgehead atoms. The number of nitriles is 1. The first-order chi connectivity index (χ1) is 8.02. The van der Waals surface area contributed by atoms with E-state index < -0.39 is 25.6 Å². The van der Waals surface area contributed by atoms with Crippen LogP contribution in [0.2, 0.25) is 0 Å². The quantitative estimate of drug-likeness (QED) is 0.528. The summed E-state index contributed by atoms with van der Waals surface area (Å²) in [6.45, 7) is 2.89. The first-order valence-corrected chi connectivity index (χ1v) is 7.13. The monoisotopic (exact) mass is 297 g/mol. The van der Waals surface area contributed by atoms with E-state index in [0.717, 1.165) is 6.20 Å². The van der Waals surface area contributed by atoms with E-state index in [1.807, 2.05) is 4.72 Å². The largest absolute Gasteiger partial charge is 0.443 e. The summed E-state index contributed by atoms with van der Waals surface area (Å²) in [7, 11) is -3.10. The first kappa shape index (κ1) is 14.8. The van der Waals surface area contributed by atoms with Crippen LogP contribution in [-0.2, 0) is 20.6 Å². The lowest BCUT2D eigenvalue weighted by Gasteiger charge is -2.26. The number of hydrogen-bond donors (Lipinski definition) is 1. The van der Waals surface area contributed by atoms with Gasteiger partial charge in [0.2, 0.25) is 0 Å². The Morgan fingerprint density at radius 3 is 2.50 bits per heavy atom. The molecule has 4 nitrogen and oxygen atoms in total. The van der Waals surface area contributed by atoms with Gasteiger partial charge in [-0.25, -0.2) is 13.9 Å². The summed E-state index contributed by atoms with van der Waals surface area (Å²) < 4.78 is 50.2. The van der Waals surface area contributed by atoms with Crippen LogP contribution in [0.3, 0.4) is 0 Å². The van der Waals surface area contributed by atoms with Gasteiger partial charge >= 0.3 is 6.18 Å². The summed E-state index contributed by atoms with van der Waals surface area (Å²) in [5, 5.41) is 7.46. The van der Waals surface area contributed by atoms with Gasteiger partial charge in [0.25, 0.3) is 0 Å². The third kappa shape index (κ3) is 2.59. The van der Waals surface area contributed by atoms with Gasteiger partial charge in [-0.05, 0) is 19.7 Å². The second kappa shape index (κ2) is 4.44. The molecule has 1 aromatic rings. The second-order valence-corrected chi connectivity index (χ2v) is 7.53. The summed E-state index contributed by atoms with van der Waals surface area (Å²) in [4.78, 5) is 3.41. The Labute approximate surface area is 107 Å². The van der Waals surface area contributed by atoms with Gasteiger partial charge < -0.3 is 0 Å². The van der Waals surface area contributed by atoms with Crippen LogP contribution in [0.5, 0.6) is 0 Å². The van der Waals surface area contributed by atoms with Crippen LogP contribution in [0.4, 0.5) is 13.2 Å². The second-order valence-electron chi connectivity index (χ2n) is 3.93. The molecule has 1 aromatic heterocycles. The topological polar surface area (TPSA) is 65.8 Å². The van der Waals surface area contributed by atoms with Crippen LogP contribution >= 0.6 is 11.3 Å². The van der Waals surface area contributed by atoms with Crippen molar-refractivity contribution in [3.63, 3.8) is 0 Å². The molecule has 0 aromatic carbocycles. The smallest absolute Gasteiger partial charge is 0.249 e. The van der Waals surface area contributed by atoms with Gasteiger partial charge in [-0.1, -0.05) is 0 Å². The van der Waals surface area contributed by atoms with Crippen LogP contribution in [0.25, 0.3) is 0 Å². The molecule has 1 rings (SSSR count). The maximum atomic E-state index is 12.4. The minimum atomic E-state index is -4.54. The Bertz CT molecular complexity index is 581. The van der Waals surface area contributed by atoms with E-state index in [0.29, 0.717) is 11.3 Å². The van der Waals surface area contributed by atoms with Gasteiger partial charge in [0.15, 0.2) is 11.2 Å². The minimum absolute atomic E-state index is 0.151. The van der Waals surface area contributed by atoms with Crippen molar-refractivity contribution >= 4 is 26.9 Å². The zero-order valence-corrected chi connectivity index (χ0v) is 11.2. The van der Waals surface area contributed by atoms with E-state index in [1.54, 1.807) is 0 Å². The molecule has 1 atom stereocenters. The third-order valence-electron chi connectivity index (χ3n) is 2.38. The molecule has 0 spiro atoms. The summed E-state index contributed by atoms with van der Waals surface area (Å²) >= 11 is 0.395. The van der Waals surface area contributed by atoms with E-state index in [4.69, 9.17) is 5.26 Å². The van der Waals surface area contributed by atoms with Crippen molar-refractivity contribution in [1.29, 1.82) is 5.26 Å². The molecule has 0 aliphatic rings. The lowest BCUT2D eigenvalue weighted by atomic mass is 10.2. The van der Waals surface area contributed by atoms with Gasteiger partial charge in [0.1, 0.15) is 0 Å². The number of halogens is 3. The van der Waals surface area contributed by atoms with E-state index in [9.17, 15) is 17.4 Å². The highest BCUT2D eigenvalue weighted by molar-refractivity contribution is 7.99.